The number of fused-ring (bicyclic) bond motifs is 2. The third-order valence-electron chi connectivity index (χ3n) is 14.4. The zero-order valence-electron chi connectivity index (χ0n) is 40.0. The monoisotopic (exact) mass is 871 g/mol. The molecule has 10 nitrogen and oxygen atoms in total. The van der Waals surface area contributed by atoms with Gasteiger partial charge >= 0.3 is 11.9 Å². The molecule has 348 valence electrons. The SMILES string of the molecule is Cc1c(C)c2c(c(C)c1OC(C)(CCCCC(C)(CCC(CCCOc1ccc3c(c1)CCCO3)C(=O)O)C(=O)O)CC(C)C(C)C#N)CCC(C)(CCCCCCCCC#N)O2. The van der Waals surface area contributed by atoms with Crippen molar-refractivity contribution in [2.24, 2.45) is 23.2 Å². The van der Waals surface area contributed by atoms with Crippen molar-refractivity contribution in [2.45, 2.75) is 201 Å². The van der Waals surface area contributed by atoms with Gasteiger partial charge in [-0.05, 0) is 191 Å². The van der Waals surface area contributed by atoms with Crippen LogP contribution in [0.1, 0.15) is 184 Å². The molecule has 0 spiro atoms. The minimum Gasteiger partial charge on any atom is -0.494 e. The first-order valence-electron chi connectivity index (χ1n) is 24.1. The van der Waals surface area contributed by atoms with Crippen LogP contribution < -0.4 is 18.9 Å². The summed E-state index contributed by atoms with van der Waals surface area (Å²) in [5.74, 6) is 0.975. The molecule has 2 aromatic rings. The number of nitriles is 2. The number of hydrogen-bond acceptors (Lipinski definition) is 8. The smallest absolute Gasteiger partial charge is 0.309 e. The number of aryl methyl sites for hydroxylation is 1. The Balaban J connectivity index is 1.36. The molecule has 6 unspecified atom stereocenters. The van der Waals surface area contributed by atoms with E-state index in [0.717, 1.165) is 110 Å². The van der Waals surface area contributed by atoms with Crippen LogP contribution in [0.3, 0.4) is 0 Å². The molecule has 10 heteroatoms. The molecule has 2 N–H and O–H groups in total. The second kappa shape index (κ2) is 24.0. The Morgan fingerprint density at radius 3 is 2.30 bits per heavy atom. The molecule has 2 heterocycles. The predicted octanol–water partition coefficient (Wildman–Crippen LogP) is 13.0. The molecule has 0 amide bonds. The lowest BCUT2D eigenvalue weighted by molar-refractivity contribution is -0.150. The van der Waals surface area contributed by atoms with Crippen molar-refractivity contribution in [3.8, 4) is 35.1 Å². The van der Waals surface area contributed by atoms with Crippen molar-refractivity contribution < 1.29 is 38.7 Å². The van der Waals surface area contributed by atoms with E-state index in [1.54, 1.807) is 6.92 Å². The van der Waals surface area contributed by atoms with E-state index in [0.29, 0.717) is 51.6 Å². The highest BCUT2D eigenvalue weighted by Gasteiger charge is 2.38. The molecule has 0 fully saturated rings. The van der Waals surface area contributed by atoms with Gasteiger partial charge in [0.1, 0.15) is 34.2 Å². The zero-order chi connectivity index (χ0) is 46.2. The van der Waals surface area contributed by atoms with Gasteiger partial charge < -0.3 is 29.2 Å². The third-order valence-corrected chi connectivity index (χ3v) is 14.4. The van der Waals surface area contributed by atoms with Gasteiger partial charge in [0, 0.05) is 17.9 Å². The largest absolute Gasteiger partial charge is 0.494 e. The van der Waals surface area contributed by atoms with Gasteiger partial charge in [-0.1, -0.05) is 39.0 Å². The number of unbranched alkanes of at least 4 members (excludes halogenated alkanes) is 7. The van der Waals surface area contributed by atoms with Crippen molar-refractivity contribution in [1.82, 2.24) is 0 Å². The van der Waals surface area contributed by atoms with Crippen LogP contribution in [0.4, 0.5) is 0 Å². The summed E-state index contributed by atoms with van der Waals surface area (Å²) >= 11 is 0. The van der Waals surface area contributed by atoms with Gasteiger partial charge in [0.2, 0.25) is 0 Å². The lowest BCUT2D eigenvalue weighted by Crippen LogP contribution is -2.38. The molecule has 4 rings (SSSR count). The van der Waals surface area contributed by atoms with Gasteiger partial charge in [-0.15, -0.1) is 0 Å². The summed E-state index contributed by atoms with van der Waals surface area (Å²) in [5.41, 5.74) is 3.71. The van der Waals surface area contributed by atoms with Crippen LogP contribution in [0.2, 0.25) is 0 Å². The Hall–Kier alpha value is -4.44. The topological polar surface area (TPSA) is 159 Å². The van der Waals surface area contributed by atoms with Gasteiger partial charge in [-0.2, -0.15) is 10.5 Å². The summed E-state index contributed by atoms with van der Waals surface area (Å²) in [7, 11) is 0. The number of hydrogen-bond donors (Lipinski definition) is 2. The second-order valence-electron chi connectivity index (χ2n) is 19.9. The first-order chi connectivity index (χ1) is 29.9. The van der Waals surface area contributed by atoms with Crippen LogP contribution in [-0.4, -0.2) is 46.6 Å². The first kappa shape index (κ1) is 51.2. The van der Waals surface area contributed by atoms with E-state index >= 15 is 0 Å². The van der Waals surface area contributed by atoms with Crippen LogP contribution >= 0.6 is 0 Å². The minimum atomic E-state index is -1.06. The number of rotatable bonds is 28. The number of ether oxygens (including phenoxy) is 4. The van der Waals surface area contributed by atoms with Gasteiger partial charge in [0.05, 0.1) is 36.7 Å². The van der Waals surface area contributed by atoms with Crippen molar-refractivity contribution in [3.05, 3.63) is 46.0 Å². The summed E-state index contributed by atoms with van der Waals surface area (Å²) in [4.78, 5) is 25.0. The molecule has 0 aliphatic carbocycles. The van der Waals surface area contributed by atoms with Gasteiger partial charge in [-0.3, -0.25) is 9.59 Å². The standard InChI is InChI=1S/C53H78N2O8/c1-37(38(2)36-55)35-53(8,62-47-39(3)40(4)48-45(41(47)5)25-30-52(7,63-48)27-14-12-10-9-11-13-17-31-54)28-16-15-26-51(6,50(58)59)29-24-42(49(56)57)20-18-32-60-44-22-23-46-43(34-44)21-19-33-61-46/h22-23,34,37-38,42H,9-21,24-30,32-33,35H2,1-8H3,(H,56,57)(H,58,59). The highest BCUT2D eigenvalue weighted by atomic mass is 16.5. The summed E-state index contributed by atoms with van der Waals surface area (Å²) in [6.07, 6.45) is 16.9. The van der Waals surface area contributed by atoms with E-state index in [-0.39, 0.29) is 30.3 Å². The van der Waals surface area contributed by atoms with E-state index in [1.165, 1.54) is 24.8 Å². The lowest BCUT2D eigenvalue weighted by atomic mass is 9.77. The van der Waals surface area contributed by atoms with Crippen LogP contribution in [0.5, 0.6) is 23.0 Å². The molecule has 0 radical (unpaired) electrons. The molecule has 0 saturated heterocycles. The number of nitrogens with zero attached hydrogens (tertiary/aromatic N) is 2. The fourth-order valence-electron chi connectivity index (χ4n) is 9.63. The number of benzene rings is 2. The van der Waals surface area contributed by atoms with E-state index in [2.05, 4.69) is 53.7 Å². The van der Waals surface area contributed by atoms with E-state index in [4.69, 9.17) is 24.2 Å². The summed E-state index contributed by atoms with van der Waals surface area (Å²) in [6.45, 7) is 17.7. The Bertz CT molecular complexity index is 1920. The molecule has 2 aliphatic heterocycles. The number of carbonyl (C=O) groups is 2. The van der Waals surface area contributed by atoms with E-state index in [9.17, 15) is 25.1 Å². The van der Waals surface area contributed by atoms with E-state index < -0.39 is 28.9 Å². The molecular weight excluding hydrogens is 793 g/mol. The minimum absolute atomic E-state index is 0.0798. The maximum Gasteiger partial charge on any atom is 0.309 e. The zero-order valence-corrected chi connectivity index (χ0v) is 40.0. The third kappa shape index (κ3) is 14.8. The Morgan fingerprint density at radius 2 is 1.60 bits per heavy atom. The molecule has 0 aromatic heterocycles. The van der Waals surface area contributed by atoms with Crippen LogP contribution in [-0.2, 0) is 22.4 Å². The molecule has 63 heavy (non-hydrogen) atoms. The van der Waals surface area contributed by atoms with Crippen LogP contribution in [0.15, 0.2) is 18.2 Å². The Labute approximate surface area is 379 Å². The predicted molar refractivity (Wildman–Crippen MR) is 248 cm³/mol. The molecule has 2 aromatic carbocycles. The summed E-state index contributed by atoms with van der Waals surface area (Å²) in [5, 5.41) is 39.1. The van der Waals surface area contributed by atoms with Crippen molar-refractivity contribution in [2.75, 3.05) is 13.2 Å². The Morgan fingerprint density at radius 1 is 0.889 bits per heavy atom. The molecule has 2 aliphatic rings. The number of aliphatic carboxylic acids is 2. The maximum atomic E-state index is 12.7. The first-order valence-corrected chi connectivity index (χ1v) is 24.1. The van der Waals surface area contributed by atoms with Crippen molar-refractivity contribution in [3.63, 3.8) is 0 Å². The van der Waals surface area contributed by atoms with Gasteiger partial charge in [0.15, 0.2) is 0 Å². The average molecular weight is 871 g/mol. The summed E-state index contributed by atoms with van der Waals surface area (Å²) in [6, 6.07) is 10.5. The van der Waals surface area contributed by atoms with E-state index in [1.807, 2.05) is 25.1 Å². The van der Waals surface area contributed by atoms with Gasteiger partial charge in [-0.25, -0.2) is 0 Å². The summed E-state index contributed by atoms with van der Waals surface area (Å²) < 4.78 is 25.7. The second-order valence-corrected chi connectivity index (χ2v) is 19.9. The average Bonchev–Trinajstić information content (AvgIpc) is 3.26. The molecule has 0 bridgehead atoms. The highest BCUT2D eigenvalue weighted by molar-refractivity contribution is 5.74. The molecule has 0 saturated carbocycles. The fourth-order valence-corrected chi connectivity index (χ4v) is 9.63. The fraction of sp³-hybridized carbons (Fsp3) is 0.698. The lowest BCUT2D eigenvalue weighted by Gasteiger charge is -2.40. The highest BCUT2D eigenvalue weighted by Crippen LogP contribution is 2.47. The van der Waals surface area contributed by atoms with Gasteiger partial charge in [0.25, 0.3) is 0 Å². The molecule has 6 atom stereocenters. The normalized spacial score (nSPS) is 19.0. The molecular formula is C53H78N2O8. The van der Waals surface area contributed by atoms with Crippen molar-refractivity contribution >= 4 is 11.9 Å². The maximum absolute atomic E-state index is 12.7. The Kier molecular flexibility index (Phi) is 19.5. The van der Waals surface area contributed by atoms with Crippen molar-refractivity contribution in [1.29, 1.82) is 10.5 Å². The van der Waals surface area contributed by atoms with Crippen LogP contribution in [0, 0.1) is 66.6 Å². The number of carboxylic acid groups (broad SMARTS) is 2. The number of carboxylic acids is 2. The quantitative estimate of drug-likeness (QED) is 0.0788. The van der Waals surface area contributed by atoms with Crippen LogP contribution in [0.25, 0.3) is 0 Å².